The van der Waals surface area contributed by atoms with Crippen molar-refractivity contribution < 1.29 is 9.13 Å². The van der Waals surface area contributed by atoms with E-state index in [1.807, 2.05) is 0 Å². The van der Waals surface area contributed by atoms with E-state index in [9.17, 15) is 4.39 Å². The standard InChI is InChI=1S/C4H9FO/c1-4(2)6-3-5/h4H,3H2,1-2H3/i5-1. The molecule has 0 aromatic rings. The van der Waals surface area contributed by atoms with Gasteiger partial charge in [-0.25, -0.2) is 4.39 Å². The predicted molar refractivity (Wildman–Crippen MR) is 22.2 cm³/mol. The summed E-state index contributed by atoms with van der Waals surface area (Å²) in [5.41, 5.74) is 0. The van der Waals surface area contributed by atoms with Gasteiger partial charge in [0.1, 0.15) is 0 Å². The summed E-state index contributed by atoms with van der Waals surface area (Å²) in [4.78, 5) is 0. The van der Waals surface area contributed by atoms with E-state index in [2.05, 4.69) is 4.74 Å². The van der Waals surface area contributed by atoms with Gasteiger partial charge in [0.25, 0.3) is 0 Å². The predicted octanol–water partition coefficient (Wildman–Crippen LogP) is 1.34. The highest BCUT2D eigenvalue weighted by molar-refractivity contribution is 4.28. The topological polar surface area (TPSA) is 9.23 Å². The molecule has 0 aromatic heterocycles. The summed E-state index contributed by atoms with van der Waals surface area (Å²) in [5.74, 6) is 0. The minimum atomic E-state index is -0.669. The quantitative estimate of drug-likeness (QED) is 0.498. The molecule has 0 aromatic carbocycles. The summed E-state index contributed by atoms with van der Waals surface area (Å²) >= 11 is 0. The second-order valence-electron chi connectivity index (χ2n) is 1.32. The van der Waals surface area contributed by atoms with E-state index in [-0.39, 0.29) is 6.10 Å². The van der Waals surface area contributed by atoms with Gasteiger partial charge in [0.2, 0.25) is 0 Å². The van der Waals surface area contributed by atoms with Crippen LogP contribution in [-0.2, 0) is 4.74 Å². The first kappa shape index (κ1) is 5.89. The molecule has 0 aliphatic rings. The van der Waals surface area contributed by atoms with Crippen LogP contribution in [0.4, 0.5) is 4.39 Å². The van der Waals surface area contributed by atoms with Crippen LogP contribution >= 0.6 is 0 Å². The van der Waals surface area contributed by atoms with Gasteiger partial charge in [0.15, 0.2) is 6.86 Å². The molecule has 0 unspecified atom stereocenters. The van der Waals surface area contributed by atoms with Gasteiger partial charge in [0.05, 0.1) is 6.10 Å². The maximum absolute atomic E-state index is 11.0. The number of halogens is 1. The molecule has 0 saturated heterocycles. The summed E-state index contributed by atoms with van der Waals surface area (Å²) in [6.45, 7) is 2.91. The van der Waals surface area contributed by atoms with Gasteiger partial charge in [-0.2, -0.15) is 0 Å². The van der Waals surface area contributed by atoms with Crippen LogP contribution in [0.25, 0.3) is 0 Å². The molecule has 1 nitrogen and oxygen atoms in total. The lowest BCUT2D eigenvalue weighted by Gasteiger charge is -1.98. The smallest absolute Gasteiger partial charge is 0.188 e. The Morgan fingerprint density at radius 3 is 2.17 bits per heavy atom. The monoisotopic (exact) mass is 91.1 g/mol. The van der Waals surface area contributed by atoms with Gasteiger partial charge in [-0.15, -0.1) is 0 Å². The Balaban J connectivity index is 2.63. The summed E-state index contributed by atoms with van der Waals surface area (Å²) in [5, 5.41) is 0. The van der Waals surface area contributed by atoms with E-state index < -0.39 is 6.86 Å². The number of rotatable bonds is 2. The van der Waals surface area contributed by atoms with Crippen molar-refractivity contribution in [2.24, 2.45) is 0 Å². The lowest BCUT2D eigenvalue weighted by molar-refractivity contribution is 0.0152. The van der Waals surface area contributed by atoms with Crippen LogP contribution in [0.5, 0.6) is 0 Å². The average molecular weight is 91.1 g/mol. The number of ether oxygens (including phenoxy) is 1. The van der Waals surface area contributed by atoms with Gasteiger partial charge in [-0.1, -0.05) is 0 Å². The molecule has 0 heterocycles. The van der Waals surface area contributed by atoms with E-state index in [1.165, 1.54) is 0 Å². The Hall–Kier alpha value is -0.110. The molecule has 0 radical (unpaired) electrons. The fraction of sp³-hybridized carbons (Fsp3) is 1.00. The molecule has 0 spiro atoms. The third-order valence-electron chi connectivity index (χ3n) is 0.396. The Morgan fingerprint density at radius 2 is 2.17 bits per heavy atom. The SMILES string of the molecule is CC(C)OC[18F]. The highest BCUT2D eigenvalue weighted by atomic mass is 18.2. The second kappa shape index (κ2) is 3.09. The molecule has 0 aliphatic carbocycles. The third-order valence-corrected chi connectivity index (χ3v) is 0.396. The average Bonchev–Trinajstić information content (AvgIpc) is 1.35. The van der Waals surface area contributed by atoms with Gasteiger partial charge < -0.3 is 4.74 Å². The molecule has 0 aliphatic heterocycles. The van der Waals surface area contributed by atoms with Crippen molar-refractivity contribution in [3.63, 3.8) is 0 Å². The van der Waals surface area contributed by atoms with E-state index in [0.29, 0.717) is 0 Å². The zero-order valence-corrected chi connectivity index (χ0v) is 4.07. The molecule has 0 atom stereocenters. The van der Waals surface area contributed by atoms with Crippen LogP contribution in [0, 0.1) is 0 Å². The minimum Gasteiger partial charge on any atom is -0.348 e. The van der Waals surface area contributed by atoms with Crippen LogP contribution in [0.15, 0.2) is 0 Å². The normalized spacial score (nSPS) is 10.0. The first-order chi connectivity index (χ1) is 2.77. The molecule has 0 N–H and O–H groups in total. The molecule has 0 amide bonds. The van der Waals surface area contributed by atoms with Gasteiger partial charge >= 0.3 is 0 Å². The molecule has 6 heavy (non-hydrogen) atoms. The molecule has 0 fully saturated rings. The largest absolute Gasteiger partial charge is 0.348 e. The summed E-state index contributed by atoms with van der Waals surface area (Å²) in [7, 11) is 0. The van der Waals surface area contributed by atoms with Crippen LogP contribution in [0.3, 0.4) is 0 Å². The van der Waals surface area contributed by atoms with Crippen LogP contribution < -0.4 is 0 Å². The zero-order valence-electron chi connectivity index (χ0n) is 4.07. The molecule has 38 valence electrons. The fourth-order valence-corrected chi connectivity index (χ4v) is 0.126. The van der Waals surface area contributed by atoms with Crippen LogP contribution in [0.1, 0.15) is 13.8 Å². The summed E-state index contributed by atoms with van der Waals surface area (Å²) in [6, 6.07) is 0. The Bertz CT molecular complexity index is 28.7. The molecular formula is C4H9FO. The Morgan fingerprint density at radius 1 is 1.67 bits per heavy atom. The zero-order chi connectivity index (χ0) is 4.99. The van der Waals surface area contributed by atoms with Crippen molar-refractivity contribution in [1.82, 2.24) is 0 Å². The third kappa shape index (κ3) is 3.89. The first-order valence-corrected chi connectivity index (χ1v) is 1.95. The van der Waals surface area contributed by atoms with E-state index in [0.717, 1.165) is 0 Å². The molecular weight excluding hydrogens is 82.0 g/mol. The summed E-state index contributed by atoms with van der Waals surface area (Å²) < 4.78 is 15.4. The first-order valence-electron chi connectivity index (χ1n) is 1.95. The van der Waals surface area contributed by atoms with Gasteiger partial charge in [0, 0.05) is 0 Å². The number of alkyl halides is 1. The Kier molecular flexibility index (Phi) is 3.04. The number of hydrogen-bond acceptors (Lipinski definition) is 1. The highest BCUT2D eigenvalue weighted by Gasteiger charge is 1.85. The molecule has 0 bridgehead atoms. The second-order valence-corrected chi connectivity index (χ2v) is 1.32. The minimum absolute atomic E-state index is 0.0231. The van der Waals surface area contributed by atoms with Crippen molar-refractivity contribution in [2.75, 3.05) is 6.86 Å². The van der Waals surface area contributed by atoms with Crippen molar-refractivity contribution in [2.45, 2.75) is 20.0 Å². The number of hydrogen-bond donors (Lipinski definition) is 0. The lowest BCUT2D eigenvalue weighted by Crippen LogP contribution is -1.99. The van der Waals surface area contributed by atoms with E-state index >= 15 is 0 Å². The molecule has 2 heteroatoms. The van der Waals surface area contributed by atoms with Gasteiger partial charge in [-0.05, 0) is 13.8 Å². The van der Waals surface area contributed by atoms with Crippen molar-refractivity contribution in [1.29, 1.82) is 0 Å². The highest BCUT2D eigenvalue weighted by Crippen LogP contribution is 1.84. The van der Waals surface area contributed by atoms with Crippen molar-refractivity contribution in [3.8, 4) is 0 Å². The summed E-state index contributed by atoms with van der Waals surface area (Å²) in [6.07, 6.45) is 0.0231. The van der Waals surface area contributed by atoms with E-state index in [1.54, 1.807) is 13.8 Å². The van der Waals surface area contributed by atoms with Crippen molar-refractivity contribution >= 4 is 0 Å². The van der Waals surface area contributed by atoms with E-state index in [4.69, 9.17) is 0 Å². The van der Waals surface area contributed by atoms with Crippen LogP contribution in [0.2, 0.25) is 0 Å². The lowest BCUT2D eigenvalue weighted by atomic mass is 10.5. The molecule has 0 saturated carbocycles. The molecule has 0 rings (SSSR count). The van der Waals surface area contributed by atoms with Gasteiger partial charge in [-0.3, -0.25) is 0 Å². The maximum Gasteiger partial charge on any atom is 0.188 e. The van der Waals surface area contributed by atoms with Crippen molar-refractivity contribution in [3.05, 3.63) is 0 Å². The fourth-order valence-electron chi connectivity index (χ4n) is 0.126. The van der Waals surface area contributed by atoms with Crippen LogP contribution in [-0.4, -0.2) is 13.0 Å². The Labute approximate surface area is 37.1 Å². The maximum atomic E-state index is 11.0.